The number of hydrogen-bond donors (Lipinski definition) is 1. The highest BCUT2D eigenvalue weighted by atomic mass is 35.5. The lowest BCUT2D eigenvalue weighted by Gasteiger charge is -2.24. The molecule has 304 valence electrons. The van der Waals surface area contributed by atoms with E-state index in [1.54, 1.807) is 20.8 Å². The molecule has 0 N–H and O–H groups in total. The molecule has 19 heteroatoms. The molecule has 1 heterocycles. The van der Waals surface area contributed by atoms with Crippen LogP contribution in [0.1, 0.15) is 74.0 Å². The van der Waals surface area contributed by atoms with Gasteiger partial charge in [0.15, 0.2) is 23.9 Å². The first-order chi connectivity index (χ1) is 26.4. The predicted molar refractivity (Wildman–Crippen MR) is 204 cm³/mol. The number of benzene rings is 2. The van der Waals surface area contributed by atoms with Crippen LogP contribution in [-0.2, 0) is 36.4 Å². The zero-order chi connectivity index (χ0) is 40.7. The molecule has 1 unspecified atom stereocenters. The van der Waals surface area contributed by atoms with E-state index < -0.39 is 58.6 Å². The fourth-order valence-electron chi connectivity index (χ4n) is 5.25. The summed E-state index contributed by atoms with van der Waals surface area (Å²) in [6.45, 7) is 1.71. The number of thiol groups is 1. The van der Waals surface area contributed by atoms with E-state index >= 15 is 0 Å². The number of alkyl halides is 2. The minimum atomic E-state index is -3.32. The summed E-state index contributed by atoms with van der Waals surface area (Å²) in [4.78, 5) is 39.3. The lowest BCUT2D eigenvalue weighted by atomic mass is 10.0. The van der Waals surface area contributed by atoms with Crippen LogP contribution in [0, 0.1) is 17.0 Å². The fraction of sp³-hybridized carbons (Fsp3) is 0.459. The summed E-state index contributed by atoms with van der Waals surface area (Å²) < 4.78 is 79.8. The Balaban J connectivity index is 1.35. The van der Waals surface area contributed by atoms with Gasteiger partial charge in [-0.3, -0.25) is 18.7 Å². The standard InChI is InChI=1S/C37H40Cl2F2N2O11S2/c1-37(2,3)54-33(44)17-43(56(48)49)28-10-8-24(13-31(28)50-18-21-4-5-21)35(46)55-20-34(45)52-30(14-25-26(38)15-42(47)16-27(25)39)23-9-11-29(53-36(40)41)32(12-23)51-19-22-6-7-22/h8-13,15-16,21-22,30,36,56H,4-7,14,17-20H2,1-3H3. The van der Waals surface area contributed by atoms with Gasteiger partial charge in [0.05, 0.1) is 24.7 Å². The van der Waals surface area contributed by atoms with Gasteiger partial charge in [-0.25, -0.2) is 8.42 Å². The number of ether oxygens (including phenoxy) is 5. The minimum Gasteiger partial charge on any atom is -0.619 e. The SMILES string of the molecule is CC(C)(C)OC(=O)CN(c1ccc(C(=O)SCC(=O)OC(Cc2c(Cl)c[n+]([O-])cc2Cl)c2ccc(OC(F)F)c(OCC3CC3)c2)cc1OCC1CC1)[SH](=O)=O. The maximum absolute atomic E-state index is 13.4. The Kier molecular flexibility index (Phi) is 14.6. The number of aromatic nitrogens is 1. The Labute approximate surface area is 338 Å². The van der Waals surface area contributed by atoms with Crippen molar-refractivity contribution >= 4 is 68.6 Å². The van der Waals surface area contributed by atoms with Gasteiger partial charge in [-0.15, -0.1) is 0 Å². The molecule has 2 aromatic carbocycles. The molecule has 2 aliphatic carbocycles. The molecule has 0 spiro atoms. The molecule has 56 heavy (non-hydrogen) atoms. The van der Waals surface area contributed by atoms with Gasteiger partial charge in [0.2, 0.25) is 16.0 Å². The molecule has 0 saturated heterocycles. The van der Waals surface area contributed by atoms with Crippen molar-refractivity contribution in [3.63, 3.8) is 0 Å². The average Bonchev–Trinajstić information content (AvgIpc) is 4.04. The molecular formula is C37H40Cl2F2N2O11S2. The third kappa shape index (κ3) is 13.0. The molecule has 13 nitrogen and oxygen atoms in total. The zero-order valence-corrected chi connectivity index (χ0v) is 33.8. The van der Waals surface area contributed by atoms with Crippen molar-refractivity contribution in [3.05, 3.63) is 80.7 Å². The number of pyridine rings is 1. The highest BCUT2D eigenvalue weighted by Gasteiger charge is 2.29. The van der Waals surface area contributed by atoms with Gasteiger partial charge in [0.25, 0.3) is 0 Å². The van der Waals surface area contributed by atoms with Crippen LogP contribution in [0.15, 0.2) is 48.8 Å². The number of hydrogen-bond acceptors (Lipinski definition) is 12. The monoisotopic (exact) mass is 860 g/mol. The molecular weight excluding hydrogens is 821 g/mol. The van der Waals surface area contributed by atoms with Crippen molar-refractivity contribution in [1.29, 1.82) is 0 Å². The second kappa shape index (κ2) is 18.9. The molecule has 0 aliphatic heterocycles. The molecule has 2 saturated carbocycles. The third-order valence-electron chi connectivity index (χ3n) is 8.31. The van der Waals surface area contributed by atoms with E-state index in [9.17, 15) is 36.8 Å². The highest BCUT2D eigenvalue weighted by Crippen LogP contribution is 2.39. The van der Waals surface area contributed by atoms with Crippen molar-refractivity contribution < 1.29 is 60.0 Å². The Morgan fingerprint density at radius 1 is 0.929 bits per heavy atom. The molecule has 0 radical (unpaired) electrons. The van der Waals surface area contributed by atoms with Gasteiger partial charge in [0.1, 0.15) is 34.0 Å². The van der Waals surface area contributed by atoms with Crippen LogP contribution in [0.2, 0.25) is 10.0 Å². The maximum Gasteiger partial charge on any atom is 0.387 e. The fourth-order valence-corrected chi connectivity index (χ4v) is 7.03. The predicted octanol–water partition coefficient (Wildman–Crippen LogP) is 6.88. The topological polar surface area (TPSA) is 162 Å². The summed E-state index contributed by atoms with van der Waals surface area (Å²) in [6.07, 6.45) is 4.55. The second-order valence-corrected chi connectivity index (χ2v) is 16.9. The van der Waals surface area contributed by atoms with Crippen LogP contribution in [-0.4, -0.2) is 63.2 Å². The Bertz CT molecular complexity index is 1980. The normalized spacial score (nSPS) is 14.7. The quantitative estimate of drug-likeness (QED) is 0.0577. The van der Waals surface area contributed by atoms with Gasteiger partial charge < -0.3 is 28.9 Å². The first-order valence-corrected chi connectivity index (χ1v) is 20.4. The Morgan fingerprint density at radius 3 is 2.12 bits per heavy atom. The first-order valence-electron chi connectivity index (χ1n) is 17.5. The summed E-state index contributed by atoms with van der Waals surface area (Å²) in [7, 11) is -3.32. The summed E-state index contributed by atoms with van der Waals surface area (Å²) in [6, 6.07) is 8.09. The molecule has 5 rings (SSSR count). The number of carbonyl (C=O) groups is 3. The minimum absolute atomic E-state index is 0.00250. The zero-order valence-electron chi connectivity index (χ0n) is 30.5. The van der Waals surface area contributed by atoms with Crippen molar-refractivity contribution in [3.8, 4) is 17.2 Å². The van der Waals surface area contributed by atoms with Gasteiger partial charge >= 0.3 is 18.6 Å². The molecule has 2 aliphatic rings. The second-order valence-electron chi connectivity index (χ2n) is 14.2. The van der Waals surface area contributed by atoms with Gasteiger partial charge in [0, 0.05) is 17.5 Å². The summed E-state index contributed by atoms with van der Waals surface area (Å²) in [5.41, 5.74) is -0.193. The van der Waals surface area contributed by atoms with E-state index in [4.69, 9.17) is 42.1 Å². The number of anilines is 1. The number of thioether (sulfide) groups is 1. The Hall–Kier alpha value is -4.06. The largest absolute Gasteiger partial charge is 0.619 e. The smallest absolute Gasteiger partial charge is 0.387 e. The van der Waals surface area contributed by atoms with Crippen molar-refractivity contribution in [2.45, 2.75) is 71.2 Å². The van der Waals surface area contributed by atoms with Crippen LogP contribution in [0.4, 0.5) is 14.5 Å². The van der Waals surface area contributed by atoms with Crippen molar-refractivity contribution in [2.24, 2.45) is 11.8 Å². The number of carbonyl (C=O) groups excluding carboxylic acids is 3. The van der Waals surface area contributed by atoms with E-state index in [0.717, 1.165) is 42.4 Å². The molecule has 2 fully saturated rings. The lowest BCUT2D eigenvalue weighted by molar-refractivity contribution is -0.605. The van der Waals surface area contributed by atoms with E-state index in [0.29, 0.717) is 22.1 Å². The van der Waals surface area contributed by atoms with E-state index in [2.05, 4.69) is 4.74 Å². The lowest BCUT2D eigenvalue weighted by Crippen LogP contribution is -2.34. The molecule has 0 amide bonds. The summed E-state index contributed by atoms with van der Waals surface area (Å²) in [5, 5.41) is 11.3. The maximum atomic E-state index is 13.4. The van der Waals surface area contributed by atoms with Crippen LogP contribution in [0.3, 0.4) is 0 Å². The molecule has 0 bridgehead atoms. The third-order valence-corrected chi connectivity index (χ3v) is 10.6. The highest BCUT2D eigenvalue weighted by molar-refractivity contribution is 8.14. The van der Waals surface area contributed by atoms with Crippen LogP contribution in [0.25, 0.3) is 0 Å². The van der Waals surface area contributed by atoms with Gasteiger partial charge in [-0.2, -0.15) is 13.5 Å². The molecule has 1 aromatic heterocycles. The average molecular weight is 862 g/mol. The van der Waals surface area contributed by atoms with Crippen molar-refractivity contribution in [1.82, 2.24) is 0 Å². The van der Waals surface area contributed by atoms with Crippen LogP contribution >= 0.6 is 35.0 Å². The van der Waals surface area contributed by atoms with E-state index in [1.807, 2.05) is 0 Å². The van der Waals surface area contributed by atoms with Crippen LogP contribution in [0.5, 0.6) is 17.2 Å². The van der Waals surface area contributed by atoms with Crippen LogP contribution < -0.4 is 23.2 Å². The summed E-state index contributed by atoms with van der Waals surface area (Å²) >= 11 is 13.3. The summed E-state index contributed by atoms with van der Waals surface area (Å²) in [5.74, 6) is -1.77. The number of esters is 2. The number of nitrogens with zero attached hydrogens (tertiary/aromatic N) is 2. The first kappa shape index (κ1) is 43.1. The van der Waals surface area contributed by atoms with E-state index in [1.165, 1.54) is 36.4 Å². The van der Waals surface area contributed by atoms with Gasteiger partial charge in [-0.05, 0) is 94.2 Å². The van der Waals surface area contributed by atoms with E-state index in [-0.39, 0.29) is 75.6 Å². The molecule has 1 atom stereocenters. The van der Waals surface area contributed by atoms with Gasteiger partial charge in [-0.1, -0.05) is 41.0 Å². The number of halogens is 4. The van der Waals surface area contributed by atoms with Crippen molar-refractivity contribution in [2.75, 3.05) is 29.8 Å². The Morgan fingerprint density at radius 2 is 1.55 bits per heavy atom. The molecule has 3 aromatic rings. The number of rotatable bonds is 19.